The Bertz CT molecular complexity index is 960. The van der Waals surface area contributed by atoms with Crippen LogP contribution in [0.3, 0.4) is 0 Å². The van der Waals surface area contributed by atoms with Crippen molar-refractivity contribution in [3.63, 3.8) is 0 Å². The Kier molecular flexibility index (Phi) is 12.4. The maximum absolute atomic E-state index is 11.1. The summed E-state index contributed by atoms with van der Waals surface area (Å²) in [6.45, 7) is -0.508. The number of hydrogen-bond acceptors (Lipinski definition) is 18. The van der Waals surface area contributed by atoms with Crippen LogP contribution in [-0.4, -0.2) is 166 Å². The van der Waals surface area contributed by atoms with Crippen molar-refractivity contribution < 1.29 is 71.8 Å². The summed E-state index contributed by atoms with van der Waals surface area (Å²) < 4.78 is 60.8. The highest BCUT2D eigenvalue weighted by molar-refractivity contribution is 7.79. The second kappa shape index (κ2) is 14.6. The molecule has 0 amide bonds. The molecule has 17 atom stereocenters. The fourth-order valence-electron chi connectivity index (χ4n) is 5.46. The van der Waals surface area contributed by atoms with E-state index in [1.54, 1.807) is 7.05 Å². The van der Waals surface area contributed by atoms with Crippen molar-refractivity contribution in [1.82, 2.24) is 5.32 Å². The molecule has 0 radical (unpaired) electrons. The summed E-state index contributed by atoms with van der Waals surface area (Å²) in [6, 6.07) is -4.05. The van der Waals surface area contributed by atoms with E-state index in [9.17, 15) is 30.6 Å². The van der Waals surface area contributed by atoms with E-state index in [1.165, 1.54) is 0 Å². The molecule has 3 aliphatic heterocycles. The van der Waals surface area contributed by atoms with Crippen LogP contribution in [0.25, 0.3) is 0 Å². The minimum absolute atomic E-state index is 0.156. The highest BCUT2D eigenvalue weighted by atomic mass is 32.3. The smallest absolute Gasteiger partial charge is 0.394 e. The van der Waals surface area contributed by atoms with Crippen LogP contribution in [0.4, 0.5) is 0 Å². The lowest BCUT2D eigenvalue weighted by Gasteiger charge is -2.51. The van der Waals surface area contributed by atoms with Gasteiger partial charge in [-0.2, -0.15) is 8.42 Å². The molecule has 0 aromatic heterocycles. The molecule has 1 saturated carbocycles. The summed E-state index contributed by atoms with van der Waals surface area (Å²) in [5.41, 5.74) is 24.0. The topological polar surface area (TPSA) is 358 Å². The Labute approximate surface area is 241 Å². The lowest BCUT2D eigenvalue weighted by Crippen LogP contribution is -2.70. The Morgan fingerprint density at radius 3 is 1.95 bits per heavy atom. The van der Waals surface area contributed by atoms with E-state index in [4.69, 9.17) is 64.1 Å². The number of aliphatic hydroxyl groups excluding tert-OH is 6. The minimum Gasteiger partial charge on any atom is -0.394 e. The van der Waals surface area contributed by atoms with Crippen LogP contribution < -0.4 is 28.3 Å². The number of nitrogens with two attached hydrogens (primary N) is 4. The molecular formula is C21H43N5O15S. The summed E-state index contributed by atoms with van der Waals surface area (Å²) in [5.74, 6) is 0. The van der Waals surface area contributed by atoms with Crippen LogP contribution in [0.5, 0.6) is 0 Å². The van der Waals surface area contributed by atoms with Crippen LogP contribution in [0.1, 0.15) is 12.8 Å². The first-order valence-corrected chi connectivity index (χ1v) is 14.6. The van der Waals surface area contributed by atoms with Crippen LogP contribution in [0, 0.1) is 0 Å². The number of hydrogen-bond donors (Lipinski definition) is 13. The highest BCUT2D eigenvalue weighted by Crippen LogP contribution is 2.35. The first kappa shape index (κ1) is 35.7. The van der Waals surface area contributed by atoms with Gasteiger partial charge in [0.2, 0.25) is 0 Å². The average molecular weight is 638 g/mol. The maximum atomic E-state index is 11.1. The molecule has 0 spiro atoms. The van der Waals surface area contributed by atoms with E-state index in [0.29, 0.717) is 0 Å². The summed E-state index contributed by atoms with van der Waals surface area (Å²) in [7, 11) is -3.11. The molecule has 1 aliphatic carbocycles. The van der Waals surface area contributed by atoms with Gasteiger partial charge in [0.05, 0.1) is 36.9 Å². The quantitative estimate of drug-likeness (QED) is 0.120. The summed E-state index contributed by atoms with van der Waals surface area (Å²) in [5, 5.41) is 64.7. The molecular weight excluding hydrogens is 594 g/mol. The highest BCUT2D eigenvalue weighted by Gasteiger charge is 2.54. The first-order valence-electron chi connectivity index (χ1n) is 13.2. The molecule has 0 aromatic rings. The Morgan fingerprint density at radius 1 is 0.762 bits per heavy atom. The summed E-state index contributed by atoms with van der Waals surface area (Å²) >= 11 is 0. The third-order valence-corrected chi connectivity index (χ3v) is 7.74. The van der Waals surface area contributed by atoms with Gasteiger partial charge in [-0.3, -0.25) is 9.11 Å². The van der Waals surface area contributed by atoms with Crippen molar-refractivity contribution in [2.24, 2.45) is 22.9 Å². The van der Waals surface area contributed by atoms with E-state index in [1.807, 2.05) is 0 Å². The van der Waals surface area contributed by atoms with Crippen LogP contribution in [-0.2, 0) is 34.1 Å². The molecule has 17 N–H and O–H groups in total. The number of rotatable bonds is 6. The van der Waals surface area contributed by atoms with Crippen molar-refractivity contribution in [3.8, 4) is 0 Å². The molecule has 0 aromatic carbocycles. The number of aliphatic hydroxyl groups is 6. The summed E-state index contributed by atoms with van der Waals surface area (Å²) in [4.78, 5) is 0. The fourth-order valence-corrected chi connectivity index (χ4v) is 5.46. The van der Waals surface area contributed by atoms with Gasteiger partial charge in [0.25, 0.3) is 0 Å². The molecule has 3 saturated heterocycles. The molecule has 3 heterocycles. The molecule has 4 fully saturated rings. The lowest BCUT2D eigenvalue weighted by atomic mass is 9.84. The predicted octanol–water partition coefficient (Wildman–Crippen LogP) is -7.60. The van der Waals surface area contributed by atoms with Crippen LogP contribution in [0.15, 0.2) is 0 Å². The molecule has 21 heteroatoms. The standard InChI is InChI=1S/C21H41N5O11.H2O4S/c1-26-11-14(30)18-8(33-20(11)37-21-16(32)13(29)10(25)9(4-27)34-21)3-7(24)19(36-18)35-17-6(23)2-5(22)12(28)15(17)31;1-5(2,3)4/h5-21,26-32H,2-4,22-25H2,1H3;(H2,1,2,3,4)/t5-,6-,7-,8-,9+,10-,11+,12-,13-,14-,15+,16+,17-,18-,19-,20-,21-;/m1./s1. The minimum atomic E-state index is -4.67. The summed E-state index contributed by atoms with van der Waals surface area (Å²) in [6.07, 6.45) is -13.7. The van der Waals surface area contributed by atoms with Crippen molar-refractivity contribution in [2.75, 3.05) is 13.7 Å². The second-order valence-electron chi connectivity index (χ2n) is 10.7. The number of ether oxygens (including phenoxy) is 5. The number of nitrogens with one attached hydrogen (secondary N) is 1. The Balaban J connectivity index is 0.000000892. The van der Waals surface area contributed by atoms with Gasteiger partial charge in [0, 0.05) is 12.1 Å². The van der Waals surface area contributed by atoms with Crippen molar-refractivity contribution in [3.05, 3.63) is 0 Å². The van der Waals surface area contributed by atoms with Crippen LogP contribution >= 0.6 is 0 Å². The molecule has 0 bridgehead atoms. The Hall–Kier alpha value is -0.770. The largest absolute Gasteiger partial charge is 0.394 e. The first-order chi connectivity index (χ1) is 19.5. The fraction of sp³-hybridized carbons (Fsp3) is 1.00. The van der Waals surface area contributed by atoms with E-state index in [-0.39, 0.29) is 12.8 Å². The van der Waals surface area contributed by atoms with E-state index < -0.39 is 121 Å². The normalized spacial score (nSPS) is 49.9. The van der Waals surface area contributed by atoms with Gasteiger partial charge >= 0.3 is 10.4 Å². The zero-order valence-corrected chi connectivity index (χ0v) is 23.4. The maximum Gasteiger partial charge on any atom is 0.394 e. The van der Waals surface area contributed by atoms with Gasteiger partial charge in [-0.05, 0) is 19.9 Å². The zero-order valence-electron chi connectivity index (χ0n) is 22.6. The van der Waals surface area contributed by atoms with Crippen molar-refractivity contribution >= 4 is 10.4 Å². The van der Waals surface area contributed by atoms with Crippen molar-refractivity contribution in [2.45, 2.75) is 117 Å². The molecule has 42 heavy (non-hydrogen) atoms. The zero-order chi connectivity index (χ0) is 31.7. The number of fused-ring (bicyclic) bond motifs is 1. The lowest BCUT2D eigenvalue weighted by molar-refractivity contribution is -0.373. The van der Waals surface area contributed by atoms with E-state index in [2.05, 4.69) is 5.32 Å². The van der Waals surface area contributed by atoms with E-state index >= 15 is 0 Å². The van der Waals surface area contributed by atoms with Gasteiger partial charge in [-0.15, -0.1) is 0 Å². The molecule has 0 unspecified atom stereocenters. The SMILES string of the molecule is CN[C@@H]1[C@@H](O[C@H]2O[C@@H](CO)[C@@H](N)[C@@H](O)[C@@H]2O)O[C@@H]2C[C@@H](N)[C@H](O[C@H]3[C@@H](O)[C@H](O)[C@H](N)C[C@H]3N)O[C@H]2[C@@H]1O.O=S(=O)(O)O. The second-order valence-corrected chi connectivity index (χ2v) is 11.6. The van der Waals surface area contributed by atoms with Crippen LogP contribution in [0.2, 0.25) is 0 Å². The Morgan fingerprint density at radius 2 is 1.38 bits per heavy atom. The molecule has 4 rings (SSSR count). The monoisotopic (exact) mass is 637 g/mol. The van der Waals surface area contributed by atoms with Gasteiger partial charge in [-0.1, -0.05) is 0 Å². The molecule has 248 valence electrons. The van der Waals surface area contributed by atoms with Gasteiger partial charge in [0.1, 0.15) is 42.7 Å². The van der Waals surface area contributed by atoms with Gasteiger partial charge < -0.3 is 82.6 Å². The van der Waals surface area contributed by atoms with Crippen molar-refractivity contribution in [1.29, 1.82) is 0 Å². The van der Waals surface area contributed by atoms with E-state index in [0.717, 1.165) is 0 Å². The van der Waals surface area contributed by atoms with Gasteiger partial charge in [0.15, 0.2) is 18.9 Å². The molecule has 20 nitrogen and oxygen atoms in total. The van der Waals surface area contributed by atoms with Gasteiger partial charge in [-0.25, -0.2) is 0 Å². The average Bonchev–Trinajstić information content (AvgIpc) is 2.90. The number of likely N-dealkylation sites (N-methyl/N-ethyl adjacent to an activating group) is 1. The third-order valence-electron chi connectivity index (χ3n) is 7.74. The molecule has 4 aliphatic rings. The third kappa shape index (κ3) is 8.28. The predicted molar refractivity (Wildman–Crippen MR) is 137 cm³/mol.